The fraction of sp³-hybridized carbons (Fsp3) is 0.683. The Morgan fingerprint density at radius 2 is 0.636 bits per heavy atom. The molecular weight excluding hydrogens is 1870 g/mol. The van der Waals surface area contributed by atoms with Gasteiger partial charge in [0.2, 0.25) is 112 Å². The van der Waals surface area contributed by atoms with Gasteiger partial charge in [0.1, 0.15) is 96.7 Å². The highest BCUT2D eigenvalue weighted by Gasteiger charge is 2.41. The second-order valence-electron chi connectivity index (χ2n) is 33.4. The fourth-order valence-electron chi connectivity index (χ4n) is 12.7. The highest BCUT2D eigenvalue weighted by molar-refractivity contribution is 6.02. The monoisotopic (exact) mass is 2000 g/mol. The molecule has 0 aromatic rings. The van der Waals surface area contributed by atoms with Crippen molar-refractivity contribution < 1.29 is 166 Å². The number of aliphatic carboxylic acids is 6. The molecule has 19 amide bonds. The number of unbranched alkanes of at least 4 members (excludes halogenated alkanes) is 1. The van der Waals surface area contributed by atoms with Gasteiger partial charge in [0, 0.05) is 38.6 Å². The standard InChI is InChI=1S/C82H138N24O34/c1-10-39(7)64(105-75(133)46(18-23-58(114)115)94-56(112)32-91-78(136)63(38(5)6)104-57(113)33-89-67(125)42(84)34-107)79(137)99-49(21-26-61(120)121)72(130)96-43(15-12-13-27-83)70(128)97-44(16-14-28-88-82(86)87)69(127)92-41(9)66(124)95-47(19-24-59(116)117)71(129)98-48(20-25-60(118)119)73(131)100-50(29-37(3)4)76(134)102-52(35-108)68(126)90-31-55(111)93-45(17-22-54(85)110)74(132)106-65(40(8)11-2)80(138)101-51(30-62(122)123)77(135)103-53(36-109)81(139)140/h37-53,63-65,107-109H,10-36,83-84H2,1-9H3,(H2,85,110)(H,89,125)(H,90,126)(H,91,136)(H,92,127)(H,93,111)(H,94,112)(H,95,124)(H,96,130)(H,97,128)(H,98,129)(H,99,137)(H,100,131)(H,101,138)(H,102,134)(H,103,135)(H,104,113)(H,105,133)(H,106,132)(H,114,115)(H,116,117)(H,118,119)(H,120,121)(H,122,123)(H,139,140)(H4,86,87,88)/t39?,40?,41-,42-,43-,44-,45-,46-,47-,48-,49-,50-,51-,52+,53-,63-,64-,65-/m0/s1. The smallest absolute Gasteiger partial charge is 0.328 e. The third-order valence-electron chi connectivity index (χ3n) is 21.0. The van der Waals surface area contributed by atoms with Gasteiger partial charge in [0.25, 0.3) is 0 Å². The van der Waals surface area contributed by atoms with Crippen LogP contribution in [0, 0.1) is 29.1 Å². The van der Waals surface area contributed by atoms with E-state index in [-0.39, 0.29) is 64.5 Å². The Morgan fingerprint density at radius 3 is 1.01 bits per heavy atom. The molecule has 18 atom stereocenters. The zero-order chi connectivity index (χ0) is 107. The quantitative estimate of drug-likeness (QED) is 0.0153. The van der Waals surface area contributed by atoms with Gasteiger partial charge in [-0.25, -0.2) is 4.79 Å². The van der Waals surface area contributed by atoms with Crippen LogP contribution in [0.3, 0.4) is 0 Å². The van der Waals surface area contributed by atoms with Gasteiger partial charge >= 0.3 is 35.8 Å². The van der Waals surface area contributed by atoms with E-state index in [9.17, 15) is 161 Å². The highest BCUT2D eigenvalue weighted by atomic mass is 16.4. The number of carbonyl (C=O) groups is 25. The van der Waals surface area contributed by atoms with Crippen molar-refractivity contribution in [2.75, 3.05) is 52.5 Å². The molecule has 37 N–H and O–H groups in total. The summed E-state index contributed by atoms with van der Waals surface area (Å²) in [6, 6.07) is -28.0. The van der Waals surface area contributed by atoms with E-state index in [4.69, 9.17) is 33.5 Å². The third kappa shape index (κ3) is 50.8. The molecule has 140 heavy (non-hydrogen) atoms. The molecule has 0 aliphatic rings. The second-order valence-corrected chi connectivity index (χ2v) is 33.4. The first-order valence-electron chi connectivity index (χ1n) is 44.8. The number of hydrogen-bond acceptors (Lipinski definition) is 31. The zero-order valence-corrected chi connectivity index (χ0v) is 79.2. The first-order chi connectivity index (χ1) is 65.5. The molecule has 0 spiro atoms. The maximum Gasteiger partial charge on any atom is 0.328 e. The molecule has 790 valence electrons. The Kier molecular flexibility index (Phi) is 59.6. The Balaban J connectivity index is 7.17. The van der Waals surface area contributed by atoms with Gasteiger partial charge in [-0.3, -0.25) is 120 Å². The van der Waals surface area contributed by atoms with E-state index >= 15 is 0 Å². The number of guanidine groups is 1. The normalized spacial score (nSPS) is 14.9. The molecule has 0 fully saturated rings. The van der Waals surface area contributed by atoms with E-state index in [0.29, 0.717) is 0 Å². The van der Waals surface area contributed by atoms with E-state index in [1.807, 2.05) is 5.32 Å². The molecule has 0 saturated heterocycles. The number of primary amides is 1. The summed E-state index contributed by atoms with van der Waals surface area (Å²) in [7, 11) is 0. The maximum atomic E-state index is 14.6. The van der Waals surface area contributed by atoms with Crippen LogP contribution in [0.2, 0.25) is 0 Å². The van der Waals surface area contributed by atoms with Crippen LogP contribution in [0.15, 0.2) is 0 Å². The number of carboxylic acid groups (broad SMARTS) is 6. The van der Waals surface area contributed by atoms with Crippen LogP contribution in [0.4, 0.5) is 0 Å². The number of aliphatic hydroxyl groups is 3. The molecule has 58 nitrogen and oxygen atoms in total. The number of aliphatic hydroxyl groups excluding tert-OH is 3. The highest BCUT2D eigenvalue weighted by Crippen LogP contribution is 2.17. The molecule has 0 saturated carbocycles. The van der Waals surface area contributed by atoms with Crippen LogP contribution in [-0.4, -0.2) is 349 Å². The molecule has 0 aromatic carbocycles. The lowest BCUT2D eigenvalue weighted by Crippen LogP contribution is -2.61. The summed E-state index contributed by atoms with van der Waals surface area (Å²) in [5, 5.41) is 138. The van der Waals surface area contributed by atoms with Crippen molar-refractivity contribution in [3.8, 4) is 0 Å². The van der Waals surface area contributed by atoms with Crippen molar-refractivity contribution in [2.45, 2.75) is 281 Å². The number of nitrogens with two attached hydrogens (primary N) is 4. The number of rotatable bonds is 72. The molecule has 0 aromatic heterocycles. The summed E-state index contributed by atoms with van der Waals surface area (Å²) in [5.41, 5.74) is 22.0. The summed E-state index contributed by atoms with van der Waals surface area (Å²) in [6.07, 6.45) is -9.09. The summed E-state index contributed by atoms with van der Waals surface area (Å²) in [6.45, 7) is 7.44. The van der Waals surface area contributed by atoms with Crippen LogP contribution >= 0.6 is 0 Å². The maximum absolute atomic E-state index is 14.6. The number of amides is 19. The molecule has 0 bridgehead atoms. The van der Waals surface area contributed by atoms with Gasteiger partial charge in [-0.1, -0.05) is 68.2 Å². The van der Waals surface area contributed by atoms with Crippen molar-refractivity contribution in [2.24, 2.45) is 46.6 Å². The lowest BCUT2D eigenvalue weighted by Gasteiger charge is -2.29. The third-order valence-corrected chi connectivity index (χ3v) is 21.0. The molecule has 0 aliphatic heterocycles. The van der Waals surface area contributed by atoms with Gasteiger partial charge in [-0.05, 0) is 108 Å². The second kappa shape index (κ2) is 66.4. The first-order valence-corrected chi connectivity index (χ1v) is 44.8. The van der Waals surface area contributed by atoms with Crippen LogP contribution in [0.1, 0.15) is 184 Å². The average Bonchev–Trinajstić information content (AvgIpc) is 0.850. The van der Waals surface area contributed by atoms with Crippen molar-refractivity contribution >= 4 is 154 Å². The van der Waals surface area contributed by atoms with Crippen molar-refractivity contribution in [1.82, 2.24) is 101 Å². The van der Waals surface area contributed by atoms with Gasteiger partial charge in [-0.2, -0.15) is 0 Å². The van der Waals surface area contributed by atoms with Gasteiger partial charge in [0.05, 0.1) is 45.9 Å². The summed E-state index contributed by atoms with van der Waals surface area (Å²) in [4.78, 5) is 331. The minimum Gasteiger partial charge on any atom is -0.481 e. The largest absolute Gasteiger partial charge is 0.481 e. The molecule has 0 rings (SSSR count). The Morgan fingerprint density at radius 1 is 0.307 bits per heavy atom. The first kappa shape index (κ1) is 126. The zero-order valence-electron chi connectivity index (χ0n) is 79.2. The number of nitrogens with one attached hydrogen (secondary N) is 20. The van der Waals surface area contributed by atoms with Gasteiger partial charge in [-0.15, -0.1) is 0 Å². The summed E-state index contributed by atoms with van der Waals surface area (Å²) < 4.78 is 0. The minimum atomic E-state index is -1.98. The minimum absolute atomic E-state index is 0.0304. The van der Waals surface area contributed by atoms with Crippen molar-refractivity contribution in [3.05, 3.63) is 0 Å². The van der Waals surface area contributed by atoms with Crippen LogP contribution in [0.5, 0.6) is 0 Å². The molecule has 2 unspecified atom stereocenters. The number of carbonyl (C=O) groups excluding carboxylic acids is 19. The topological polar surface area (TPSA) is 965 Å². The van der Waals surface area contributed by atoms with Crippen LogP contribution in [-0.2, 0) is 120 Å². The molecule has 0 aliphatic carbocycles. The molecule has 0 heterocycles. The predicted molar refractivity (Wildman–Crippen MR) is 484 cm³/mol. The Hall–Kier alpha value is -14.2. The van der Waals surface area contributed by atoms with E-state index in [0.717, 1.165) is 6.92 Å². The lowest BCUT2D eigenvalue weighted by molar-refractivity contribution is -0.145. The van der Waals surface area contributed by atoms with Crippen molar-refractivity contribution in [3.63, 3.8) is 0 Å². The van der Waals surface area contributed by atoms with Gasteiger partial charge in [0.15, 0.2) is 5.96 Å². The fourth-order valence-corrected chi connectivity index (χ4v) is 12.7. The van der Waals surface area contributed by atoms with Crippen molar-refractivity contribution in [1.29, 1.82) is 5.41 Å². The average molecular weight is 2000 g/mol. The van der Waals surface area contributed by atoms with E-state index in [1.165, 1.54) is 27.7 Å². The summed E-state index contributed by atoms with van der Waals surface area (Å²) in [5.74, 6) is -34.7. The molecule has 0 radical (unpaired) electrons. The molecule has 58 heteroatoms. The van der Waals surface area contributed by atoms with E-state index < -0.39 is 384 Å². The Labute approximate surface area is 803 Å². The van der Waals surface area contributed by atoms with E-state index in [2.05, 4.69) is 95.7 Å². The van der Waals surface area contributed by atoms with Crippen LogP contribution in [0.25, 0.3) is 0 Å². The lowest BCUT2D eigenvalue weighted by atomic mass is 9.96. The Bertz CT molecular complexity index is 4300. The van der Waals surface area contributed by atoms with Crippen LogP contribution < -0.4 is 124 Å². The number of carboxylic acids is 6. The number of hydrogen-bond donors (Lipinski definition) is 33. The SMILES string of the molecule is CCC(C)[C@H](NC(=O)[C@H](CCC(N)=O)NC(=O)CNC(=O)[C@@H](CO)NC(=O)[C@H](CC(C)C)NC(=O)[C@H](CCC(=O)O)NC(=O)[C@H](CCC(=O)O)NC(=O)[C@H](C)NC(=O)[C@H](CCCNC(=N)N)NC(=O)[C@H](CCCCN)NC(=O)[C@H](CCC(=O)O)NC(=O)[C@@H](NC(=O)[C@H](CCC(=O)O)NC(=O)CNC(=O)[C@@H](NC(=O)CNC(=O)[C@@H](N)CO)C(C)C)C(C)CC)C(=O)N[C@@H](CC(=O)O)C(=O)N[C@@H](CO)C(=O)O. The summed E-state index contributed by atoms with van der Waals surface area (Å²) >= 11 is 0. The van der Waals surface area contributed by atoms with E-state index in [1.54, 1.807) is 27.7 Å². The van der Waals surface area contributed by atoms with Gasteiger partial charge < -0.3 is 170 Å². The predicted octanol–water partition coefficient (Wildman–Crippen LogP) is -12.6. The molecular formula is C82H138N24O34.